The Bertz CT molecular complexity index is 438. The lowest BCUT2D eigenvalue weighted by atomic mass is 10.4. The monoisotopic (exact) mass is 208 g/mol. The summed E-state index contributed by atoms with van der Waals surface area (Å²) < 4.78 is 1.75. The maximum absolute atomic E-state index is 5.75. The molecule has 0 aliphatic rings. The summed E-state index contributed by atoms with van der Waals surface area (Å²) in [7, 11) is 0. The Morgan fingerprint density at radius 2 is 2.29 bits per heavy atom. The third kappa shape index (κ3) is 1.75. The number of aryl methyl sites for hydroxylation is 1. The van der Waals surface area contributed by atoms with Gasteiger partial charge in [0.05, 0.1) is 5.69 Å². The Labute approximate surface area is 86.6 Å². The maximum Gasteiger partial charge on any atom is 0.236 e. The van der Waals surface area contributed by atoms with Gasteiger partial charge in [-0.2, -0.15) is 0 Å². The summed E-state index contributed by atoms with van der Waals surface area (Å²) in [5.41, 5.74) is 1.01. The highest BCUT2D eigenvalue weighted by Crippen LogP contribution is 2.07. The Balaban J connectivity index is 2.39. The molecule has 2 rings (SSSR count). The van der Waals surface area contributed by atoms with Gasteiger partial charge in [0.1, 0.15) is 11.5 Å². The first-order chi connectivity index (χ1) is 6.79. The molecule has 4 nitrogen and oxygen atoms in total. The zero-order valence-corrected chi connectivity index (χ0v) is 8.44. The third-order valence-electron chi connectivity index (χ3n) is 1.84. The van der Waals surface area contributed by atoms with Gasteiger partial charge < -0.3 is 0 Å². The number of halogens is 1. The number of hydrogen-bond donors (Lipinski definition) is 0. The second-order valence-electron chi connectivity index (χ2n) is 2.81. The second kappa shape index (κ2) is 3.75. The van der Waals surface area contributed by atoms with Crippen LogP contribution in [0.2, 0.25) is 5.15 Å². The van der Waals surface area contributed by atoms with Gasteiger partial charge in [-0.3, -0.25) is 4.57 Å². The fourth-order valence-corrected chi connectivity index (χ4v) is 1.24. The Hall–Kier alpha value is -1.42. The van der Waals surface area contributed by atoms with Gasteiger partial charge >= 0.3 is 0 Å². The van der Waals surface area contributed by atoms with E-state index in [1.165, 1.54) is 0 Å². The van der Waals surface area contributed by atoms with Crippen molar-refractivity contribution in [3.63, 3.8) is 0 Å². The number of rotatable bonds is 2. The number of imidazole rings is 1. The van der Waals surface area contributed by atoms with Crippen molar-refractivity contribution < 1.29 is 0 Å². The molecule has 0 radical (unpaired) electrons. The molecule has 0 atom stereocenters. The van der Waals surface area contributed by atoms with Crippen LogP contribution in [0.4, 0.5) is 0 Å². The van der Waals surface area contributed by atoms with Crippen LogP contribution in [0.1, 0.15) is 12.6 Å². The smallest absolute Gasteiger partial charge is 0.236 e. The van der Waals surface area contributed by atoms with Crippen molar-refractivity contribution in [2.75, 3.05) is 0 Å². The molecule has 14 heavy (non-hydrogen) atoms. The topological polar surface area (TPSA) is 43.6 Å². The van der Waals surface area contributed by atoms with Crippen LogP contribution >= 0.6 is 11.6 Å². The summed E-state index contributed by atoms with van der Waals surface area (Å²) in [6, 6.07) is 1.64. The molecule has 5 heteroatoms. The van der Waals surface area contributed by atoms with Crippen LogP contribution in [0.5, 0.6) is 0 Å². The van der Waals surface area contributed by atoms with Crippen molar-refractivity contribution in [3.05, 3.63) is 35.6 Å². The standard InChI is InChI=1S/C9H9ClN4/c1-2-7-5-14(6-12-7)9-11-4-3-8(10)13-9/h3-6H,2H2,1H3. The van der Waals surface area contributed by atoms with E-state index < -0.39 is 0 Å². The molecule has 0 amide bonds. The highest BCUT2D eigenvalue weighted by Gasteiger charge is 2.01. The van der Waals surface area contributed by atoms with E-state index in [0.717, 1.165) is 12.1 Å². The lowest BCUT2D eigenvalue weighted by Crippen LogP contribution is -1.97. The third-order valence-corrected chi connectivity index (χ3v) is 2.05. The van der Waals surface area contributed by atoms with Crippen molar-refractivity contribution in [2.45, 2.75) is 13.3 Å². The second-order valence-corrected chi connectivity index (χ2v) is 3.19. The fraction of sp³-hybridized carbons (Fsp3) is 0.222. The molecule has 0 spiro atoms. The van der Waals surface area contributed by atoms with E-state index in [9.17, 15) is 0 Å². The largest absolute Gasteiger partial charge is 0.274 e. The van der Waals surface area contributed by atoms with Crippen LogP contribution in [0, 0.1) is 0 Å². The van der Waals surface area contributed by atoms with Gasteiger partial charge in [0.25, 0.3) is 0 Å². The Morgan fingerprint density at radius 1 is 1.43 bits per heavy atom. The van der Waals surface area contributed by atoms with Crippen LogP contribution in [-0.4, -0.2) is 19.5 Å². The van der Waals surface area contributed by atoms with Gasteiger partial charge in [-0.05, 0) is 12.5 Å². The van der Waals surface area contributed by atoms with Crippen LogP contribution in [0.3, 0.4) is 0 Å². The van der Waals surface area contributed by atoms with Crippen molar-refractivity contribution in [3.8, 4) is 5.95 Å². The van der Waals surface area contributed by atoms with Crippen molar-refractivity contribution >= 4 is 11.6 Å². The van der Waals surface area contributed by atoms with Gasteiger partial charge in [0, 0.05) is 12.4 Å². The molecular formula is C9H9ClN4. The van der Waals surface area contributed by atoms with Crippen molar-refractivity contribution in [1.29, 1.82) is 0 Å². The van der Waals surface area contributed by atoms with E-state index in [-0.39, 0.29) is 0 Å². The van der Waals surface area contributed by atoms with Crippen molar-refractivity contribution in [1.82, 2.24) is 19.5 Å². The highest BCUT2D eigenvalue weighted by molar-refractivity contribution is 6.29. The normalized spacial score (nSPS) is 10.4. The molecule has 0 N–H and O–H groups in total. The first-order valence-corrected chi connectivity index (χ1v) is 4.69. The van der Waals surface area contributed by atoms with Gasteiger partial charge in [0.15, 0.2) is 0 Å². The fourth-order valence-electron chi connectivity index (χ4n) is 1.11. The SMILES string of the molecule is CCc1cn(-c2nccc(Cl)n2)cn1. The first-order valence-electron chi connectivity index (χ1n) is 4.31. The van der Waals surface area contributed by atoms with E-state index in [2.05, 4.69) is 15.0 Å². The molecule has 72 valence electrons. The summed E-state index contributed by atoms with van der Waals surface area (Å²) in [5.74, 6) is 0.546. The molecule has 0 aliphatic heterocycles. The van der Waals surface area contributed by atoms with Crippen molar-refractivity contribution in [2.24, 2.45) is 0 Å². The molecule has 0 aromatic carbocycles. The van der Waals surface area contributed by atoms with Gasteiger partial charge in [-0.25, -0.2) is 15.0 Å². The quantitative estimate of drug-likeness (QED) is 0.708. The van der Waals surface area contributed by atoms with Gasteiger partial charge in [-0.15, -0.1) is 0 Å². The number of hydrogen-bond acceptors (Lipinski definition) is 3. The van der Waals surface area contributed by atoms with Crippen LogP contribution in [0.15, 0.2) is 24.8 Å². The summed E-state index contributed by atoms with van der Waals surface area (Å²) in [6.07, 6.45) is 6.10. The van der Waals surface area contributed by atoms with E-state index in [1.54, 1.807) is 23.2 Å². The molecule has 0 saturated heterocycles. The summed E-state index contributed by atoms with van der Waals surface area (Å²) in [4.78, 5) is 12.3. The molecule has 0 fully saturated rings. The average molecular weight is 209 g/mol. The predicted molar refractivity (Wildman–Crippen MR) is 53.5 cm³/mol. The highest BCUT2D eigenvalue weighted by atomic mass is 35.5. The van der Waals surface area contributed by atoms with Crippen LogP contribution in [-0.2, 0) is 6.42 Å². The van der Waals surface area contributed by atoms with E-state index >= 15 is 0 Å². The minimum Gasteiger partial charge on any atom is -0.274 e. The minimum absolute atomic E-state index is 0.432. The van der Waals surface area contributed by atoms with E-state index in [0.29, 0.717) is 11.1 Å². The number of aromatic nitrogens is 4. The van der Waals surface area contributed by atoms with E-state index in [1.807, 2.05) is 13.1 Å². The van der Waals surface area contributed by atoms with E-state index in [4.69, 9.17) is 11.6 Å². The van der Waals surface area contributed by atoms with Gasteiger partial charge in [-0.1, -0.05) is 18.5 Å². The molecular weight excluding hydrogens is 200 g/mol. The van der Waals surface area contributed by atoms with Crippen LogP contribution < -0.4 is 0 Å². The molecule has 0 saturated carbocycles. The van der Waals surface area contributed by atoms with Gasteiger partial charge in [0.2, 0.25) is 5.95 Å². The molecule has 0 bridgehead atoms. The molecule has 0 aliphatic carbocycles. The summed E-state index contributed by atoms with van der Waals surface area (Å²) in [5, 5.41) is 0.432. The Kier molecular flexibility index (Phi) is 2.45. The summed E-state index contributed by atoms with van der Waals surface area (Å²) in [6.45, 7) is 2.05. The maximum atomic E-state index is 5.75. The molecule has 2 heterocycles. The zero-order valence-electron chi connectivity index (χ0n) is 7.68. The molecule has 2 aromatic heterocycles. The molecule has 0 unspecified atom stereocenters. The average Bonchev–Trinajstić information content (AvgIpc) is 2.66. The van der Waals surface area contributed by atoms with Crippen LogP contribution in [0.25, 0.3) is 5.95 Å². The predicted octanol–water partition coefficient (Wildman–Crippen LogP) is 1.88. The minimum atomic E-state index is 0.432. The summed E-state index contributed by atoms with van der Waals surface area (Å²) >= 11 is 5.75. The Morgan fingerprint density at radius 3 is 2.93 bits per heavy atom. The first kappa shape index (κ1) is 9.15. The number of nitrogens with zero attached hydrogens (tertiary/aromatic N) is 4. The lowest BCUT2D eigenvalue weighted by molar-refractivity contribution is 0.924. The zero-order chi connectivity index (χ0) is 9.97. The lowest BCUT2D eigenvalue weighted by Gasteiger charge is -1.98. The molecule has 2 aromatic rings.